The Morgan fingerprint density at radius 2 is 2.44 bits per heavy atom. The molecule has 1 aromatic heterocycles. The van der Waals surface area contributed by atoms with Crippen LogP contribution in [0.25, 0.3) is 0 Å². The van der Waals surface area contributed by atoms with Gasteiger partial charge in [-0.25, -0.2) is 4.79 Å². The van der Waals surface area contributed by atoms with E-state index >= 15 is 0 Å². The van der Waals surface area contributed by atoms with Crippen LogP contribution in [-0.4, -0.2) is 51.4 Å². The molecule has 0 aromatic carbocycles. The van der Waals surface area contributed by atoms with Crippen molar-refractivity contribution < 1.29 is 19.6 Å². The van der Waals surface area contributed by atoms with Gasteiger partial charge in [-0.1, -0.05) is 0 Å². The van der Waals surface area contributed by atoms with Crippen LogP contribution in [0.15, 0.2) is 6.33 Å². The Hall–Kier alpha value is -2.16. The first kappa shape index (κ1) is 12.3. The van der Waals surface area contributed by atoms with Gasteiger partial charge in [0.2, 0.25) is 12.1 Å². The van der Waals surface area contributed by atoms with Gasteiger partial charge in [0.05, 0.1) is 13.2 Å². The van der Waals surface area contributed by atoms with E-state index in [1.165, 1.54) is 15.8 Å². The van der Waals surface area contributed by atoms with E-state index in [0.717, 1.165) is 0 Å². The van der Waals surface area contributed by atoms with Crippen LogP contribution in [0.2, 0.25) is 0 Å². The zero-order valence-corrected chi connectivity index (χ0v) is 9.65. The average Bonchev–Trinajstić information content (AvgIpc) is 2.71. The Morgan fingerprint density at radius 3 is 3.06 bits per heavy atom. The van der Waals surface area contributed by atoms with Gasteiger partial charge >= 0.3 is 11.8 Å². The molecule has 0 aliphatic carbocycles. The molecule has 1 saturated heterocycles. The summed E-state index contributed by atoms with van der Waals surface area (Å²) in [5.41, 5.74) is 0. The number of carboxylic acid groups (broad SMARTS) is 1. The largest absolute Gasteiger partial charge is 0.480 e. The topological polar surface area (TPSA) is 111 Å². The lowest BCUT2D eigenvalue weighted by Crippen LogP contribution is -2.50. The quantitative estimate of drug-likeness (QED) is 0.579. The third kappa shape index (κ3) is 1.99. The molecule has 0 saturated carbocycles. The van der Waals surface area contributed by atoms with E-state index in [0.29, 0.717) is 6.61 Å². The fourth-order valence-electron chi connectivity index (χ4n) is 1.93. The summed E-state index contributed by atoms with van der Waals surface area (Å²) in [6, 6.07) is -0.937. The van der Waals surface area contributed by atoms with Gasteiger partial charge in [-0.3, -0.25) is 4.57 Å². The van der Waals surface area contributed by atoms with Crippen LogP contribution in [0.5, 0.6) is 0 Å². The molecule has 1 atom stereocenters. The molecule has 2 heterocycles. The second kappa shape index (κ2) is 4.61. The van der Waals surface area contributed by atoms with Crippen LogP contribution < -0.4 is 4.90 Å². The number of aromatic nitrogens is 2. The number of aryl methyl sites for hydroxylation is 1. The predicted molar refractivity (Wildman–Crippen MR) is 59.5 cm³/mol. The molecule has 1 aromatic rings. The minimum absolute atomic E-state index is 0.00231. The highest BCUT2D eigenvalue weighted by atomic mass is 16.6. The molecule has 2 rings (SSSR count). The fourth-order valence-corrected chi connectivity index (χ4v) is 1.93. The highest BCUT2D eigenvalue weighted by Gasteiger charge is 2.36. The van der Waals surface area contributed by atoms with Crippen molar-refractivity contribution in [2.75, 3.05) is 24.7 Å². The lowest BCUT2D eigenvalue weighted by Gasteiger charge is -2.33. The number of ether oxygens (including phenoxy) is 1. The monoisotopic (exact) mass is 256 g/mol. The Balaban J connectivity index is 2.42. The fraction of sp³-hybridized carbons (Fsp3) is 0.556. The van der Waals surface area contributed by atoms with Gasteiger partial charge in [0.1, 0.15) is 0 Å². The number of aliphatic carboxylic acids is 1. The van der Waals surface area contributed by atoms with Crippen LogP contribution in [0, 0.1) is 10.1 Å². The van der Waals surface area contributed by atoms with Crippen molar-refractivity contribution in [3.05, 3.63) is 16.4 Å². The molecule has 1 aliphatic heterocycles. The number of carboxylic acids is 1. The molecule has 18 heavy (non-hydrogen) atoms. The zero-order valence-electron chi connectivity index (χ0n) is 9.65. The van der Waals surface area contributed by atoms with Crippen molar-refractivity contribution >= 4 is 17.6 Å². The Bertz CT molecular complexity index is 485. The lowest BCUT2D eigenvalue weighted by atomic mass is 10.2. The lowest BCUT2D eigenvalue weighted by molar-refractivity contribution is -0.388. The average molecular weight is 256 g/mol. The SMILES string of the molecule is Cn1cnc([N+](=O)[O-])c1N1CCOCC1C(=O)O. The number of imidazole rings is 1. The van der Waals surface area contributed by atoms with Gasteiger partial charge in [0.15, 0.2) is 6.04 Å². The Kier molecular flexibility index (Phi) is 3.15. The molecular weight excluding hydrogens is 244 g/mol. The second-order valence-electron chi connectivity index (χ2n) is 3.88. The number of hydrogen-bond acceptors (Lipinski definition) is 6. The molecule has 9 heteroatoms. The van der Waals surface area contributed by atoms with Gasteiger partial charge in [0.25, 0.3) is 0 Å². The summed E-state index contributed by atoms with van der Waals surface area (Å²) < 4.78 is 6.53. The van der Waals surface area contributed by atoms with Gasteiger partial charge in [-0.2, -0.15) is 0 Å². The van der Waals surface area contributed by atoms with Crippen molar-refractivity contribution in [2.45, 2.75) is 6.04 Å². The smallest absolute Gasteiger partial charge is 0.406 e. The van der Waals surface area contributed by atoms with Crippen LogP contribution in [0.1, 0.15) is 0 Å². The molecule has 1 N–H and O–H groups in total. The molecule has 1 fully saturated rings. The van der Waals surface area contributed by atoms with Crippen molar-refractivity contribution in [1.82, 2.24) is 9.55 Å². The minimum Gasteiger partial charge on any atom is -0.480 e. The standard InChI is InChI=1S/C9H12N4O5/c1-11-5-10-7(13(16)17)8(11)12-2-3-18-4-6(12)9(14)15/h5-6H,2-4H2,1H3,(H,14,15). The first-order valence-electron chi connectivity index (χ1n) is 5.25. The van der Waals surface area contributed by atoms with Gasteiger partial charge in [-0.15, -0.1) is 0 Å². The molecule has 1 unspecified atom stereocenters. The molecule has 98 valence electrons. The zero-order chi connectivity index (χ0) is 13.3. The summed E-state index contributed by atoms with van der Waals surface area (Å²) >= 11 is 0. The third-order valence-electron chi connectivity index (χ3n) is 2.75. The highest BCUT2D eigenvalue weighted by molar-refractivity contribution is 5.79. The van der Waals surface area contributed by atoms with Crippen LogP contribution in [-0.2, 0) is 16.6 Å². The number of carbonyl (C=O) groups is 1. The Morgan fingerprint density at radius 1 is 1.72 bits per heavy atom. The maximum atomic E-state index is 11.1. The molecule has 9 nitrogen and oxygen atoms in total. The summed E-state index contributed by atoms with van der Waals surface area (Å²) in [4.78, 5) is 26.5. The summed E-state index contributed by atoms with van der Waals surface area (Å²) in [6.07, 6.45) is 1.29. The first-order chi connectivity index (χ1) is 8.52. The van der Waals surface area contributed by atoms with Gasteiger partial charge in [0, 0.05) is 13.6 Å². The summed E-state index contributed by atoms with van der Waals surface area (Å²) in [5.74, 6) is -1.23. The number of morpholine rings is 1. The number of hydrogen-bond donors (Lipinski definition) is 1. The minimum atomic E-state index is -1.08. The van der Waals surface area contributed by atoms with E-state index in [2.05, 4.69) is 4.98 Å². The summed E-state index contributed by atoms with van der Waals surface area (Å²) in [5, 5.41) is 20.0. The normalized spacial score (nSPS) is 19.8. The maximum absolute atomic E-state index is 11.1. The maximum Gasteiger partial charge on any atom is 0.406 e. The van der Waals surface area contributed by atoms with E-state index in [4.69, 9.17) is 9.84 Å². The number of rotatable bonds is 3. The van der Waals surface area contributed by atoms with Gasteiger partial charge in [-0.05, 0) is 9.91 Å². The number of anilines is 1. The molecule has 0 bridgehead atoms. The van der Waals surface area contributed by atoms with E-state index in [9.17, 15) is 14.9 Å². The van der Waals surface area contributed by atoms with Gasteiger partial charge < -0.3 is 24.9 Å². The molecule has 1 aliphatic rings. The second-order valence-corrected chi connectivity index (χ2v) is 3.88. The summed E-state index contributed by atoms with van der Waals surface area (Å²) in [7, 11) is 1.59. The van der Waals surface area contributed by atoms with Crippen molar-refractivity contribution in [3.8, 4) is 0 Å². The molecule has 0 amide bonds. The third-order valence-corrected chi connectivity index (χ3v) is 2.75. The molecule has 0 radical (unpaired) electrons. The van der Waals surface area contributed by atoms with Crippen molar-refractivity contribution in [2.24, 2.45) is 7.05 Å². The number of nitrogens with zero attached hydrogens (tertiary/aromatic N) is 4. The highest BCUT2D eigenvalue weighted by Crippen LogP contribution is 2.28. The predicted octanol–water partition coefficient (Wildman–Crippen LogP) is -0.382. The van der Waals surface area contributed by atoms with Crippen molar-refractivity contribution in [3.63, 3.8) is 0 Å². The van der Waals surface area contributed by atoms with E-state index in [1.54, 1.807) is 7.05 Å². The number of nitro groups is 1. The van der Waals surface area contributed by atoms with Crippen molar-refractivity contribution in [1.29, 1.82) is 0 Å². The van der Waals surface area contributed by atoms with E-state index < -0.39 is 16.9 Å². The van der Waals surface area contributed by atoms with Crippen LogP contribution in [0.4, 0.5) is 11.6 Å². The van der Waals surface area contributed by atoms with E-state index in [-0.39, 0.29) is 24.8 Å². The summed E-state index contributed by atoms with van der Waals surface area (Å²) in [6.45, 7) is 0.598. The Labute approximate surface area is 102 Å². The molecule has 0 spiro atoms. The van der Waals surface area contributed by atoms with Crippen LogP contribution >= 0.6 is 0 Å². The first-order valence-corrected chi connectivity index (χ1v) is 5.25. The molecular formula is C9H12N4O5. The van der Waals surface area contributed by atoms with E-state index in [1.807, 2.05) is 0 Å². The van der Waals surface area contributed by atoms with Crippen LogP contribution in [0.3, 0.4) is 0 Å².